The molecular weight excluding hydrogens is 298 g/mol. The number of sulfonamides is 1. The van der Waals surface area contributed by atoms with Crippen LogP contribution in [0.1, 0.15) is 13.3 Å². The molecule has 0 atom stereocenters. The minimum absolute atomic E-state index is 0.129. The van der Waals surface area contributed by atoms with Gasteiger partial charge in [-0.1, -0.05) is 0 Å². The Morgan fingerprint density at radius 1 is 1.38 bits per heavy atom. The van der Waals surface area contributed by atoms with Gasteiger partial charge < -0.3 is 10.1 Å². The Balaban J connectivity index is 3.05. The highest BCUT2D eigenvalue weighted by molar-refractivity contribution is 7.89. The van der Waals surface area contributed by atoms with E-state index in [4.69, 9.17) is 4.74 Å². The lowest BCUT2D eigenvalue weighted by atomic mass is 10.3. The van der Waals surface area contributed by atoms with E-state index in [2.05, 4.69) is 10.0 Å². The number of nitrogens with zero attached hydrogens (tertiary/aromatic N) is 1. The minimum atomic E-state index is -3.82. The molecule has 2 N–H and O–H groups in total. The van der Waals surface area contributed by atoms with Crippen molar-refractivity contribution in [1.29, 1.82) is 0 Å². The van der Waals surface area contributed by atoms with Crippen molar-refractivity contribution in [3.8, 4) is 0 Å². The average molecular weight is 317 g/mol. The van der Waals surface area contributed by atoms with Crippen LogP contribution in [0.5, 0.6) is 0 Å². The first-order valence-corrected chi connectivity index (χ1v) is 7.91. The Hall–Kier alpha value is -1.71. The van der Waals surface area contributed by atoms with Gasteiger partial charge in [-0.05, 0) is 19.4 Å². The van der Waals surface area contributed by atoms with Crippen molar-refractivity contribution < 1.29 is 18.1 Å². The van der Waals surface area contributed by atoms with Crippen LogP contribution in [0.4, 0.5) is 11.4 Å². The topological polar surface area (TPSA) is 111 Å². The first kappa shape index (κ1) is 17.3. The molecule has 0 spiro atoms. The molecule has 0 aliphatic rings. The number of nitro groups is 1. The van der Waals surface area contributed by atoms with Crippen LogP contribution in [0.2, 0.25) is 0 Å². The summed E-state index contributed by atoms with van der Waals surface area (Å²) >= 11 is 0. The summed E-state index contributed by atoms with van der Waals surface area (Å²) in [6.07, 6.45) is 0.515. The zero-order valence-electron chi connectivity index (χ0n) is 12.0. The molecule has 0 unspecified atom stereocenters. The van der Waals surface area contributed by atoms with E-state index in [0.29, 0.717) is 25.3 Å². The van der Waals surface area contributed by atoms with Gasteiger partial charge in [-0.25, -0.2) is 13.1 Å². The van der Waals surface area contributed by atoms with Crippen LogP contribution in [0, 0.1) is 10.1 Å². The van der Waals surface area contributed by atoms with Gasteiger partial charge in [0.2, 0.25) is 10.0 Å². The predicted octanol–water partition coefficient (Wildman–Crippen LogP) is 1.34. The number of nitro benzene ring substituents is 1. The van der Waals surface area contributed by atoms with E-state index in [1.54, 1.807) is 0 Å². The van der Waals surface area contributed by atoms with Gasteiger partial charge in [-0.15, -0.1) is 0 Å². The van der Waals surface area contributed by atoms with Crippen molar-refractivity contribution in [1.82, 2.24) is 4.72 Å². The quantitative estimate of drug-likeness (QED) is 0.404. The standard InChI is InChI=1S/C12H19N3O5S/c1-3-13-11-6-5-10(15(16)17)9-12(11)21(18,19)14-7-4-8-20-2/h5-6,9,13-14H,3-4,7-8H2,1-2H3. The highest BCUT2D eigenvalue weighted by atomic mass is 32.2. The maximum atomic E-state index is 12.3. The van der Waals surface area contributed by atoms with E-state index in [1.165, 1.54) is 19.2 Å². The van der Waals surface area contributed by atoms with Crippen LogP contribution in [0.3, 0.4) is 0 Å². The van der Waals surface area contributed by atoms with Gasteiger partial charge in [-0.2, -0.15) is 0 Å². The highest BCUT2D eigenvalue weighted by Gasteiger charge is 2.21. The maximum absolute atomic E-state index is 12.3. The Morgan fingerprint density at radius 2 is 2.10 bits per heavy atom. The monoisotopic (exact) mass is 317 g/mol. The molecule has 0 fully saturated rings. The number of rotatable bonds is 9. The summed E-state index contributed by atoms with van der Waals surface area (Å²) in [5.74, 6) is 0. The fourth-order valence-corrected chi connectivity index (χ4v) is 2.96. The molecule has 8 nitrogen and oxygen atoms in total. The molecule has 0 amide bonds. The number of ether oxygens (including phenoxy) is 1. The number of benzene rings is 1. The Morgan fingerprint density at radius 3 is 2.67 bits per heavy atom. The molecule has 118 valence electrons. The second-order valence-electron chi connectivity index (χ2n) is 4.21. The molecule has 0 bridgehead atoms. The number of nitrogens with one attached hydrogen (secondary N) is 2. The highest BCUT2D eigenvalue weighted by Crippen LogP contribution is 2.26. The second kappa shape index (κ2) is 7.91. The second-order valence-corrected chi connectivity index (χ2v) is 5.95. The summed E-state index contributed by atoms with van der Waals surface area (Å²) < 4.78 is 31.7. The molecule has 9 heteroatoms. The van der Waals surface area contributed by atoms with E-state index in [1.807, 2.05) is 6.92 Å². The maximum Gasteiger partial charge on any atom is 0.270 e. The van der Waals surface area contributed by atoms with Gasteiger partial charge in [0.05, 0.1) is 10.6 Å². The van der Waals surface area contributed by atoms with E-state index in [9.17, 15) is 18.5 Å². The molecule has 0 saturated carbocycles. The Labute approximate surface area is 123 Å². The molecule has 0 saturated heterocycles. The van der Waals surface area contributed by atoms with Gasteiger partial charge >= 0.3 is 0 Å². The lowest BCUT2D eigenvalue weighted by Gasteiger charge is -2.12. The largest absolute Gasteiger partial charge is 0.385 e. The summed E-state index contributed by atoms with van der Waals surface area (Å²) in [4.78, 5) is 10.0. The lowest BCUT2D eigenvalue weighted by molar-refractivity contribution is -0.385. The van der Waals surface area contributed by atoms with E-state index in [0.717, 1.165) is 6.07 Å². The first-order valence-electron chi connectivity index (χ1n) is 6.43. The number of anilines is 1. The van der Waals surface area contributed by atoms with Crippen molar-refractivity contribution >= 4 is 21.4 Å². The summed E-state index contributed by atoms with van der Waals surface area (Å²) in [5.41, 5.74) is 0.0660. The van der Waals surface area contributed by atoms with Gasteiger partial charge in [0, 0.05) is 38.9 Å². The van der Waals surface area contributed by atoms with Gasteiger partial charge in [0.15, 0.2) is 0 Å². The van der Waals surface area contributed by atoms with Crippen LogP contribution < -0.4 is 10.0 Å². The van der Waals surface area contributed by atoms with Crippen LogP contribution in [-0.4, -0.2) is 40.1 Å². The molecule has 1 rings (SSSR count). The molecular formula is C12H19N3O5S. The summed E-state index contributed by atoms with van der Waals surface area (Å²) in [5, 5.41) is 13.7. The van der Waals surface area contributed by atoms with Crippen molar-refractivity contribution in [2.75, 3.05) is 32.1 Å². The fraction of sp³-hybridized carbons (Fsp3) is 0.500. The third kappa shape index (κ3) is 4.96. The van der Waals surface area contributed by atoms with Crippen molar-refractivity contribution in [2.45, 2.75) is 18.2 Å². The van der Waals surface area contributed by atoms with Gasteiger partial charge in [0.1, 0.15) is 4.90 Å². The fourth-order valence-electron chi connectivity index (χ4n) is 1.68. The zero-order valence-corrected chi connectivity index (χ0v) is 12.8. The van der Waals surface area contributed by atoms with E-state index >= 15 is 0 Å². The van der Waals surface area contributed by atoms with Crippen molar-refractivity contribution in [3.05, 3.63) is 28.3 Å². The SMILES string of the molecule is CCNc1ccc([N+](=O)[O-])cc1S(=O)(=O)NCCCOC. The first-order chi connectivity index (χ1) is 9.92. The molecule has 0 radical (unpaired) electrons. The normalized spacial score (nSPS) is 11.3. The van der Waals surface area contributed by atoms with Crippen LogP contribution in [0.25, 0.3) is 0 Å². The van der Waals surface area contributed by atoms with Crippen molar-refractivity contribution in [2.24, 2.45) is 0 Å². The Bertz CT molecular complexity index is 589. The summed E-state index contributed by atoms with van der Waals surface area (Å²) in [6, 6.07) is 3.71. The molecule has 21 heavy (non-hydrogen) atoms. The third-order valence-corrected chi connectivity index (χ3v) is 4.15. The molecule has 1 aromatic carbocycles. The summed E-state index contributed by atoms with van der Waals surface area (Å²) in [6.45, 7) is 2.94. The smallest absolute Gasteiger partial charge is 0.270 e. The van der Waals surface area contributed by atoms with Gasteiger partial charge in [0.25, 0.3) is 5.69 Å². The van der Waals surface area contributed by atoms with Crippen molar-refractivity contribution in [3.63, 3.8) is 0 Å². The minimum Gasteiger partial charge on any atom is -0.385 e. The molecule has 0 heterocycles. The van der Waals surface area contributed by atoms with Crippen LogP contribution in [-0.2, 0) is 14.8 Å². The number of non-ortho nitro benzene ring substituents is 1. The van der Waals surface area contributed by atoms with Gasteiger partial charge in [-0.3, -0.25) is 10.1 Å². The van der Waals surface area contributed by atoms with E-state index < -0.39 is 14.9 Å². The number of hydrogen-bond acceptors (Lipinski definition) is 6. The lowest BCUT2D eigenvalue weighted by Crippen LogP contribution is -2.26. The predicted molar refractivity (Wildman–Crippen MR) is 78.9 cm³/mol. The summed E-state index contributed by atoms with van der Waals surface area (Å²) in [7, 11) is -2.30. The average Bonchev–Trinajstić information content (AvgIpc) is 2.44. The number of hydrogen-bond donors (Lipinski definition) is 2. The van der Waals surface area contributed by atoms with Crippen LogP contribution in [0.15, 0.2) is 23.1 Å². The molecule has 0 aromatic heterocycles. The molecule has 0 aliphatic carbocycles. The third-order valence-electron chi connectivity index (χ3n) is 2.65. The molecule has 0 aliphatic heterocycles. The van der Waals surface area contributed by atoms with Crippen LogP contribution >= 0.6 is 0 Å². The Kier molecular flexibility index (Phi) is 6.53. The zero-order chi connectivity index (χ0) is 15.9. The number of methoxy groups -OCH3 is 1. The molecule has 1 aromatic rings. The van der Waals surface area contributed by atoms with E-state index in [-0.39, 0.29) is 17.1 Å².